The summed E-state index contributed by atoms with van der Waals surface area (Å²) in [6.07, 6.45) is 42.8. The SMILES string of the molecule is CCCCCCCCc1ccc(N(C2=CC3SC(C4=C(O)/C(=c5\cc6c(s5)=CC(=[N+](c5ccc(CCCCCCCC)cc5)c5ccc(CCCCCCCC)cc5)S6)C4=O)=CC3S2)c2ccc(CCCCCCCC)cc2)cc1. The number of hydrogen-bond acceptors (Lipinski definition) is 7. The van der Waals surface area contributed by atoms with Gasteiger partial charge in [0.05, 0.1) is 16.2 Å². The highest BCUT2D eigenvalue weighted by Gasteiger charge is 2.44. The minimum absolute atomic E-state index is 0.0444. The van der Waals surface area contributed by atoms with E-state index in [0.29, 0.717) is 11.1 Å². The van der Waals surface area contributed by atoms with Crippen LogP contribution >= 0.6 is 46.6 Å². The second-order valence-corrected chi connectivity index (χ2v) is 27.5. The molecule has 0 saturated heterocycles. The van der Waals surface area contributed by atoms with Crippen LogP contribution in [0, 0.1) is 0 Å². The molecule has 80 heavy (non-hydrogen) atoms. The van der Waals surface area contributed by atoms with Gasteiger partial charge in [-0.2, -0.15) is 0 Å². The fraction of sp³-hybridized carbons (Fsp3) is 0.472. The number of rotatable bonds is 34. The lowest BCUT2D eigenvalue weighted by Gasteiger charge is -2.27. The normalized spacial score (nSPS) is 17.1. The number of unbranched alkanes of at least 4 members (excludes halogenated alkanes) is 20. The number of carbonyl (C=O) groups excluding carboxylic acids is 1. The average molecular weight is 1140 g/mol. The Labute approximate surface area is 498 Å². The Bertz CT molecular complexity index is 2930. The molecule has 4 heterocycles. The average Bonchev–Trinajstić information content (AvgIpc) is 4.35. The largest absolute Gasteiger partial charge is 0.506 e. The minimum atomic E-state index is -0.0444. The number of Topliss-reactive ketones (excluding diaryl/α,β-unsaturated/α-hetero) is 1. The van der Waals surface area contributed by atoms with E-state index in [2.05, 4.69) is 159 Å². The van der Waals surface area contributed by atoms with Crippen LogP contribution in [0.4, 0.5) is 22.7 Å². The van der Waals surface area contributed by atoms with Crippen LogP contribution in [0.1, 0.15) is 204 Å². The summed E-state index contributed by atoms with van der Waals surface area (Å²) in [5.74, 6) is 0.0986. The smallest absolute Gasteiger partial charge is 0.252 e. The summed E-state index contributed by atoms with van der Waals surface area (Å²) < 4.78 is 4.38. The van der Waals surface area contributed by atoms with Crippen LogP contribution in [0.5, 0.6) is 0 Å². The third-order valence-corrected chi connectivity index (χ3v) is 21.6. The Morgan fingerprint density at radius 2 is 0.875 bits per heavy atom. The third kappa shape index (κ3) is 16.0. The maximum Gasteiger partial charge on any atom is 0.252 e. The van der Waals surface area contributed by atoms with E-state index in [0.717, 1.165) is 61.0 Å². The molecule has 9 rings (SSSR count). The van der Waals surface area contributed by atoms with Crippen LogP contribution in [0.25, 0.3) is 11.6 Å². The molecule has 0 radical (unpaired) electrons. The van der Waals surface area contributed by atoms with Crippen molar-refractivity contribution in [2.75, 3.05) is 4.90 Å². The lowest BCUT2D eigenvalue weighted by atomic mass is 9.87. The summed E-state index contributed by atoms with van der Waals surface area (Å²) in [7, 11) is 0. The molecule has 4 nitrogen and oxygen atoms in total. The van der Waals surface area contributed by atoms with Gasteiger partial charge in [-0.1, -0.05) is 222 Å². The Hall–Kier alpha value is -4.47. The summed E-state index contributed by atoms with van der Waals surface area (Å²) in [6.45, 7) is 9.13. The number of benzene rings is 4. The second kappa shape index (κ2) is 31.3. The van der Waals surface area contributed by atoms with Crippen LogP contribution in [-0.2, 0) is 30.5 Å². The van der Waals surface area contributed by atoms with Gasteiger partial charge < -0.3 is 10.0 Å². The molecule has 0 fully saturated rings. The van der Waals surface area contributed by atoms with Crippen LogP contribution in [0.15, 0.2) is 141 Å². The van der Waals surface area contributed by atoms with Gasteiger partial charge in [-0.05, 0) is 122 Å². The molecule has 4 aliphatic rings. The van der Waals surface area contributed by atoms with Crippen molar-refractivity contribution >= 4 is 91.8 Å². The highest BCUT2D eigenvalue weighted by Crippen LogP contribution is 2.54. The first-order valence-electron chi connectivity index (χ1n) is 31.5. The first-order valence-corrected chi connectivity index (χ1v) is 34.9. The molecule has 2 atom stereocenters. The first-order chi connectivity index (χ1) is 39.3. The minimum Gasteiger partial charge on any atom is -0.506 e. The summed E-state index contributed by atoms with van der Waals surface area (Å²) in [4.78, 5) is 18.7. The van der Waals surface area contributed by atoms with E-state index in [9.17, 15) is 9.90 Å². The molecule has 1 N–H and O–H groups in total. The van der Waals surface area contributed by atoms with Crippen molar-refractivity contribution in [2.24, 2.45) is 0 Å². The summed E-state index contributed by atoms with van der Waals surface area (Å²) >= 11 is 6.98. The van der Waals surface area contributed by atoms with Gasteiger partial charge in [-0.15, -0.1) is 27.7 Å². The number of thioether (sulfide) groups is 3. The van der Waals surface area contributed by atoms with Crippen molar-refractivity contribution in [1.29, 1.82) is 0 Å². The van der Waals surface area contributed by atoms with Crippen molar-refractivity contribution in [1.82, 2.24) is 4.58 Å². The topological polar surface area (TPSA) is 43.5 Å². The van der Waals surface area contributed by atoms with Gasteiger partial charge in [0.1, 0.15) is 5.76 Å². The number of anilines is 2. The number of carbonyl (C=O) groups is 1. The molecule has 2 unspecified atom stereocenters. The predicted octanol–water partition coefficient (Wildman–Crippen LogP) is 20.5. The fourth-order valence-electron chi connectivity index (χ4n) is 11.7. The molecule has 0 saturated carbocycles. The lowest BCUT2D eigenvalue weighted by molar-refractivity contribution is -0.111. The number of allylic oxidation sites excluding steroid dienone is 2. The first kappa shape index (κ1) is 60.1. The molecule has 424 valence electrons. The van der Waals surface area contributed by atoms with Crippen LogP contribution in [0.2, 0.25) is 0 Å². The number of ketones is 1. The van der Waals surface area contributed by atoms with Gasteiger partial charge in [0.25, 0.3) is 5.04 Å². The third-order valence-electron chi connectivity index (χ3n) is 16.6. The standard InChI is InChI=1S/C72H90N2O2S4/c1-5-9-13-17-21-25-29-53-33-41-57(42-34-53)73(58-43-35-54(36-44-58)30-26-22-18-14-10-6-2)67-51-63-61(79-67)49-65(77-63)69-71(75)70(72(69)76)66-50-62-64(78-66)52-68(80-62)74(59-45-37-55(38-46-59)31-27-23-19-15-11-7-3)60-47-39-56(40-48-60)32-28-24-20-16-12-8-4/h33-52,61,63H,5-32H2,1-4H3/p+1. The predicted molar refractivity (Wildman–Crippen MR) is 354 cm³/mol. The van der Waals surface area contributed by atoms with Crippen molar-refractivity contribution in [3.05, 3.63) is 168 Å². The molecule has 4 aromatic carbocycles. The van der Waals surface area contributed by atoms with Gasteiger partial charge in [0.15, 0.2) is 0 Å². The molecule has 1 aromatic heterocycles. The van der Waals surface area contributed by atoms with Crippen molar-refractivity contribution in [2.45, 2.75) is 223 Å². The molecule has 3 aliphatic heterocycles. The van der Waals surface area contributed by atoms with Gasteiger partial charge in [-0.25, -0.2) is 0 Å². The number of fused-ring (bicyclic) bond motifs is 2. The number of aliphatic hydroxyl groups is 1. The van der Waals surface area contributed by atoms with Crippen molar-refractivity contribution < 1.29 is 9.90 Å². The lowest BCUT2D eigenvalue weighted by Crippen LogP contribution is -2.26. The number of aliphatic hydroxyl groups excluding tert-OH is 1. The molecule has 0 spiro atoms. The quantitative estimate of drug-likeness (QED) is 0.0327. The highest BCUT2D eigenvalue weighted by molar-refractivity contribution is 8.15. The maximum atomic E-state index is 14.2. The zero-order chi connectivity index (χ0) is 55.5. The Morgan fingerprint density at radius 3 is 1.27 bits per heavy atom. The van der Waals surface area contributed by atoms with E-state index in [-0.39, 0.29) is 22.0 Å². The Balaban J connectivity index is 0.908. The summed E-state index contributed by atoms with van der Waals surface area (Å²) in [5, 5.41) is 14.5. The molecule has 0 amide bonds. The van der Waals surface area contributed by atoms with Crippen molar-refractivity contribution in [3.63, 3.8) is 0 Å². The van der Waals surface area contributed by atoms with Crippen LogP contribution < -0.4 is 18.5 Å². The number of thiophene rings is 1. The van der Waals surface area contributed by atoms with Gasteiger partial charge in [-0.3, -0.25) is 4.79 Å². The molecule has 5 aromatic rings. The van der Waals surface area contributed by atoms with Gasteiger partial charge in [0.2, 0.25) is 17.2 Å². The van der Waals surface area contributed by atoms with Crippen molar-refractivity contribution in [3.8, 4) is 0 Å². The number of hydrogen-bond donors (Lipinski definition) is 1. The summed E-state index contributed by atoms with van der Waals surface area (Å²) in [5.41, 5.74) is 11.2. The number of aryl methyl sites for hydroxylation is 4. The molecular weight excluding hydrogens is 1050 g/mol. The second-order valence-electron chi connectivity index (χ2n) is 23.0. The van der Waals surface area contributed by atoms with E-state index < -0.39 is 0 Å². The summed E-state index contributed by atoms with van der Waals surface area (Å²) in [6, 6.07) is 39.2. The van der Waals surface area contributed by atoms with E-state index in [1.165, 1.54) is 193 Å². The monoisotopic (exact) mass is 1140 g/mol. The maximum absolute atomic E-state index is 14.2. The molecule has 8 heteroatoms. The van der Waals surface area contributed by atoms with Gasteiger partial charge >= 0.3 is 0 Å². The van der Waals surface area contributed by atoms with Gasteiger partial charge in [0, 0.05) is 71.1 Å². The zero-order valence-electron chi connectivity index (χ0n) is 48.9. The molecular formula is C72H91N2O2S4+. The van der Waals surface area contributed by atoms with E-state index in [4.69, 9.17) is 0 Å². The molecule has 0 bridgehead atoms. The van der Waals surface area contributed by atoms with E-state index in [1.807, 2.05) is 11.8 Å². The Morgan fingerprint density at radius 1 is 0.475 bits per heavy atom. The fourth-order valence-corrected chi connectivity index (χ4v) is 17.2. The van der Waals surface area contributed by atoms with Crippen LogP contribution in [0.3, 0.4) is 0 Å². The molecule has 1 aliphatic carbocycles. The zero-order valence-corrected chi connectivity index (χ0v) is 52.1. The number of nitrogens with zero attached hydrogens (tertiary/aromatic N) is 2. The highest BCUT2D eigenvalue weighted by atomic mass is 32.2. The Kier molecular flexibility index (Phi) is 23.5. The van der Waals surface area contributed by atoms with E-state index >= 15 is 0 Å². The van der Waals surface area contributed by atoms with E-state index in [1.54, 1.807) is 34.9 Å². The van der Waals surface area contributed by atoms with Crippen LogP contribution in [-0.4, -0.2) is 26.4 Å².